The minimum atomic E-state index is -0.232. The fourth-order valence-corrected chi connectivity index (χ4v) is 5.97. The fraction of sp³-hybridized carbons (Fsp3) is 0.355. The molecule has 1 aliphatic rings. The van der Waals surface area contributed by atoms with Gasteiger partial charge in [-0.1, -0.05) is 55.2 Å². The molecule has 4 aromatic rings. The van der Waals surface area contributed by atoms with Crippen LogP contribution < -0.4 is 10.1 Å². The number of hydrogen-bond acceptors (Lipinski definition) is 4. The molecule has 0 bridgehead atoms. The summed E-state index contributed by atoms with van der Waals surface area (Å²) in [6.45, 7) is 6.87. The van der Waals surface area contributed by atoms with E-state index in [4.69, 9.17) is 32.7 Å². The molecule has 1 N–H and O–H groups in total. The van der Waals surface area contributed by atoms with Crippen LogP contribution in [0.4, 0.5) is 5.69 Å². The van der Waals surface area contributed by atoms with Crippen molar-refractivity contribution >= 4 is 45.8 Å². The maximum absolute atomic E-state index is 12.6. The normalized spacial score (nSPS) is 19.4. The van der Waals surface area contributed by atoms with Crippen molar-refractivity contribution in [3.63, 3.8) is 0 Å². The lowest BCUT2D eigenvalue weighted by Gasteiger charge is -2.39. The van der Waals surface area contributed by atoms with Crippen molar-refractivity contribution in [3.8, 4) is 5.75 Å². The van der Waals surface area contributed by atoms with Gasteiger partial charge in [-0.3, -0.25) is 4.79 Å². The van der Waals surface area contributed by atoms with Gasteiger partial charge in [0.15, 0.2) is 6.61 Å². The van der Waals surface area contributed by atoms with E-state index < -0.39 is 0 Å². The molecule has 0 saturated carbocycles. The van der Waals surface area contributed by atoms with Gasteiger partial charge in [0.1, 0.15) is 11.6 Å². The van der Waals surface area contributed by atoms with Crippen LogP contribution in [0.3, 0.4) is 0 Å². The molecule has 1 amide bonds. The Kier molecular flexibility index (Phi) is 8.17. The SMILES string of the molecule is Cc1nc2cc(NC(=O)COc3cccc([C@@H]4OC[C@@H](c5ccc(Cl)cc5Cl)C[C@H]4C(C)C)c3)ccc2n1C. The smallest absolute Gasteiger partial charge is 0.262 e. The van der Waals surface area contributed by atoms with Gasteiger partial charge in [-0.25, -0.2) is 4.98 Å². The van der Waals surface area contributed by atoms with Gasteiger partial charge in [-0.05, 0) is 78.8 Å². The van der Waals surface area contributed by atoms with E-state index in [0.717, 1.165) is 34.4 Å². The molecule has 3 aromatic carbocycles. The van der Waals surface area contributed by atoms with Crippen molar-refractivity contribution in [1.29, 1.82) is 0 Å². The number of imidazole rings is 1. The van der Waals surface area contributed by atoms with Crippen LogP contribution in [0.1, 0.15) is 49.2 Å². The Morgan fingerprint density at radius 3 is 2.74 bits per heavy atom. The van der Waals surface area contributed by atoms with Crippen LogP contribution in [0.15, 0.2) is 60.7 Å². The number of carbonyl (C=O) groups is 1. The number of halogens is 2. The van der Waals surface area contributed by atoms with Gasteiger partial charge < -0.3 is 19.4 Å². The number of carbonyl (C=O) groups excluding carboxylic acids is 1. The van der Waals surface area contributed by atoms with E-state index in [1.807, 2.05) is 67.1 Å². The first-order valence-corrected chi connectivity index (χ1v) is 14.0. The quantitative estimate of drug-likeness (QED) is 0.249. The molecule has 204 valence electrons. The topological polar surface area (TPSA) is 65.4 Å². The molecule has 5 rings (SSSR count). The number of hydrogen-bond donors (Lipinski definition) is 1. The Labute approximate surface area is 239 Å². The molecule has 0 spiro atoms. The molecular weight excluding hydrogens is 533 g/mol. The van der Waals surface area contributed by atoms with Crippen molar-refractivity contribution in [2.75, 3.05) is 18.5 Å². The highest BCUT2D eigenvalue weighted by Gasteiger charge is 2.35. The minimum absolute atomic E-state index is 0.0711. The lowest BCUT2D eigenvalue weighted by molar-refractivity contribution is -0.118. The zero-order valence-electron chi connectivity index (χ0n) is 22.6. The number of fused-ring (bicyclic) bond motifs is 1. The molecule has 3 atom stereocenters. The maximum atomic E-state index is 12.6. The second kappa shape index (κ2) is 11.6. The van der Waals surface area contributed by atoms with Crippen LogP contribution in [-0.2, 0) is 16.6 Å². The van der Waals surface area contributed by atoms with Crippen molar-refractivity contribution < 1.29 is 14.3 Å². The van der Waals surface area contributed by atoms with E-state index in [1.165, 1.54) is 0 Å². The Bertz CT molecular complexity index is 1500. The van der Waals surface area contributed by atoms with Crippen LogP contribution in [0.2, 0.25) is 10.0 Å². The third kappa shape index (κ3) is 6.08. The van der Waals surface area contributed by atoms with E-state index in [2.05, 4.69) is 30.2 Å². The number of aryl methyl sites for hydroxylation is 2. The molecule has 0 aliphatic carbocycles. The summed E-state index contributed by atoms with van der Waals surface area (Å²) < 4.78 is 14.4. The molecule has 0 unspecified atom stereocenters. The molecular formula is C31H33Cl2N3O3. The summed E-state index contributed by atoms with van der Waals surface area (Å²) in [6.07, 6.45) is 0.885. The van der Waals surface area contributed by atoms with E-state index in [1.54, 1.807) is 6.07 Å². The Morgan fingerprint density at radius 2 is 1.97 bits per heavy atom. The van der Waals surface area contributed by atoms with Crippen LogP contribution in [0.25, 0.3) is 11.0 Å². The molecule has 1 aliphatic heterocycles. The number of benzene rings is 3. The first-order chi connectivity index (χ1) is 18.7. The second-order valence-corrected chi connectivity index (χ2v) is 11.4. The molecule has 2 heterocycles. The van der Waals surface area contributed by atoms with E-state index in [-0.39, 0.29) is 24.5 Å². The van der Waals surface area contributed by atoms with Gasteiger partial charge in [0, 0.05) is 28.7 Å². The predicted molar refractivity (Wildman–Crippen MR) is 157 cm³/mol. The number of anilines is 1. The summed E-state index contributed by atoms with van der Waals surface area (Å²) in [4.78, 5) is 17.2. The summed E-state index contributed by atoms with van der Waals surface area (Å²) in [7, 11) is 1.97. The number of rotatable bonds is 7. The fourth-order valence-electron chi connectivity index (χ4n) is 5.40. The van der Waals surface area contributed by atoms with Gasteiger partial charge in [-0.2, -0.15) is 0 Å². The molecule has 1 saturated heterocycles. The zero-order chi connectivity index (χ0) is 27.7. The zero-order valence-corrected chi connectivity index (χ0v) is 24.1. The average Bonchev–Trinajstić information content (AvgIpc) is 3.19. The van der Waals surface area contributed by atoms with Crippen LogP contribution >= 0.6 is 23.2 Å². The van der Waals surface area contributed by atoms with E-state index in [0.29, 0.717) is 39.9 Å². The summed E-state index contributed by atoms with van der Waals surface area (Å²) in [5, 5.41) is 4.22. The lowest BCUT2D eigenvalue weighted by Crippen LogP contribution is -2.31. The van der Waals surface area contributed by atoms with Crippen molar-refractivity contribution in [2.45, 2.75) is 39.2 Å². The first-order valence-electron chi connectivity index (χ1n) is 13.2. The molecule has 6 nitrogen and oxygen atoms in total. The lowest BCUT2D eigenvalue weighted by atomic mass is 9.76. The van der Waals surface area contributed by atoms with Gasteiger partial charge >= 0.3 is 0 Å². The summed E-state index contributed by atoms with van der Waals surface area (Å²) >= 11 is 12.6. The average molecular weight is 567 g/mol. The van der Waals surface area contributed by atoms with Crippen LogP contribution in [0, 0.1) is 18.8 Å². The third-order valence-corrected chi connectivity index (χ3v) is 8.19. The molecule has 8 heteroatoms. The Morgan fingerprint density at radius 1 is 1.15 bits per heavy atom. The summed E-state index contributed by atoms with van der Waals surface area (Å²) in [5.41, 5.74) is 4.67. The molecule has 1 fully saturated rings. The van der Waals surface area contributed by atoms with Gasteiger partial charge in [0.05, 0.1) is 23.7 Å². The van der Waals surface area contributed by atoms with Crippen molar-refractivity contribution in [3.05, 3.63) is 87.7 Å². The highest BCUT2D eigenvalue weighted by molar-refractivity contribution is 6.35. The Hall–Kier alpha value is -3.06. The Balaban J connectivity index is 1.23. The number of ether oxygens (including phenoxy) is 2. The number of aromatic nitrogens is 2. The van der Waals surface area contributed by atoms with Gasteiger partial charge in [-0.15, -0.1) is 0 Å². The standard InChI is InChI=1S/C31H33Cl2N3O3/c1-18(2)26-13-21(25-10-8-22(32)14-27(25)33)16-39-31(26)20-6-5-7-24(12-20)38-17-30(37)35-23-9-11-29-28(15-23)34-19(3)36(29)4/h5-12,14-15,18,21,26,31H,13,16-17H2,1-4H3,(H,35,37)/t21-,26-,31-/m0/s1. The monoisotopic (exact) mass is 565 g/mol. The second-order valence-electron chi connectivity index (χ2n) is 10.6. The van der Waals surface area contributed by atoms with Crippen molar-refractivity contribution in [2.24, 2.45) is 18.9 Å². The minimum Gasteiger partial charge on any atom is -0.484 e. The number of nitrogens with zero attached hydrogens (tertiary/aromatic N) is 2. The highest BCUT2D eigenvalue weighted by atomic mass is 35.5. The third-order valence-electron chi connectivity index (χ3n) is 7.63. The van der Waals surface area contributed by atoms with Gasteiger partial charge in [0.25, 0.3) is 5.91 Å². The predicted octanol–water partition coefficient (Wildman–Crippen LogP) is 7.72. The highest BCUT2D eigenvalue weighted by Crippen LogP contribution is 2.45. The van der Waals surface area contributed by atoms with E-state index in [9.17, 15) is 4.79 Å². The number of amides is 1. The van der Waals surface area contributed by atoms with Crippen LogP contribution in [0.5, 0.6) is 5.75 Å². The molecule has 0 radical (unpaired) electrons. The van der Waals surface area contributed by atoms with Gasteiger partial charge in [0.2, 0.25) is 0 Å². The maximum Gasteiger partial charge on any atom is 0.262 e. The first kappa shape index (κ1) is 27.5. The summed E-state index contributed by atoms with van der Waals surface area (Å²) in [5.74, 6) is 2.22. The van der Waals surface area contributed by atoms with Crippen molar-refractivity contribution in [1.82, 2.24) is 9.55 Å². The van der Waals surface area contributed by atoms with E-state index >= 15 is 0 Å². The molecule has 39 heavy (non-hydrogen) atoms. The largest absolute Gasteiger partial charge is 0.484 e. The van der Waals surface area contributed by atoms with Crippen LogP contribution in [-0.4, -0.2) is 28.7 Å². The summed E-state index contributed by atoms with van der Waals surface area (Å²) in [6, 6.07) is 19.2. The molecule has 1 aromatic heterocycles. The number of nitrogens with one attached hydrogen (secondary N) is 1.